The van der Waals surface area contributed by atoms with Crippen molar-refractivity contribution in [1.29, 1.82) is 5.26 Å². The Morgan fingerprint density at radius 1 is 1.24 bits per heavy atom. The summed E-state index contributed by atoms with van der Waals surface area (Å²) >= 11 is 3.34. The molecule has 1 amide bonds. The molecule has 0 aliphatic carbocycles. The minimum Gasteiger partial charge on any atom is -0.399 e. The minimum atomic E-state index is -0.176. The van der Waals surface area contributed by atoms with E-state index in [1.807, 2.05) is 30.3 Å². The van der Waals surface area contributed by atoms with Crippen LogP contribution in [0.1, 0.15) is 16.8 Å². The molecule has 0 unspecified atom stereocenters. The van der Waals surface area contributed by atoms with Gasteiger partial charge in [-0.3, -0.25) is 4.79 Å². The molecular weight excluding hydrogens is 330 g/mol. The molecule has 106 valence electrons. The SMILES string of the molecule is N#CCCN(C(=O)c1cc(N)cc(Br)c1)c1ccccc1. The zero-order valence-corrected chi connectivity index (χ0v) is 12.9. The van der Waals surface area contributed by atoms with E-state index in [2.05, 4.69) is 22.0 Å². The Morgan fingerprint density at radius 3 is 2.57 bits per heavy atom. The molecule has 0 spiro atoms. The fourth-order valence-electron chi connectivity index (χ4n) is 2.01. The first-order valence-electron chi connectivity index (χ1n) is 6.42. The number of anilines is 2. The van der Waals surface area contributed by atoms with Gasteiger partial charge in [0.25, 0.3) is 5.91 Å². The first-order valence-corrected chi connectivity index (χ1v) is 7.21. The lowest BCUT2D eigenvalue weighted by molar-refractivity contribution is 0.0987. The monoisotopic (exact) mass is 343 g/mol. The second-order valence-electron chi connectivity index (χ2n) is 4.47. The zero-order chi connectivity index (χ0) is 15.2. The van der Waals surface area contributed by atoms with Crippen molar-refractivity contribution >= 4 is 33.2 Å². The van der Waals surface area contributed by atoms with Crippen molar-refractivity contribution in [2.24, 2.45) is 0 Å². The molecule has 0 radical (unpaired) electrons. The molecule has 2 rings (SSSR count). The van der Waals surface area contributed by atoms with Gasteiger partial charge in [0.05, 0.1) is 12.5 Å². The lowest BCUT2D eigenvalue weighted by Gasteiger charge is -2.22. The summed E-state index contributed by atoms with van der Waals surface area (Å²) in [6.07, 6.45) is 0.268. The number of hydrogen-bond donors (Lipinski definition) is 1. The van der Waals surface area contributed by atoms with Gasteiger partial charge in [-0.2, -0.15) is 5.26 Å². The number of nitrogens with zero attached hydrogens (tertiary/aromatic N) is 2. The smallest absolute Gasteiger partial charge is 0.258 e. The van der Waals surface area contributed by atoms with Gasteiger partial charge in [-0.1, -0.05) is 34.1 Å². The molecule has 0 heterocycles. The molecule has 2 aromatic carbocycles. The largest absolute Gasteiger partial charge is 0.399 e. The molecule has 0 atom stereocenters. The molecule has 0 aliphatic rings. The van der Waals surface area contributed by atoms with Crippen LogP contribution in [0.25, 0.3) is 0 Å². The zero-order valence-electron chi connectivity index (χ0n) is 11.3. The molecule has 5 heteroatoms. The molecule has 0 bridgehead atoms. The highest BCUT2D eigenvalue weighted by atomic mass is 79.9. The van der Waals surface area contributed by atoms with Gasteiger partial charge in [-0.05, 0) is 30.3 Å². The third-order valence-corrected chi connectivity index (χ3v) is 3.39. The van der Waals surface area contributed by atoms with E-state index in [0.717, 1.165) is 10.2 Å². The molecule has 0 aromatic heterocycles. The standard InChI is InChI=1S/C16H14BrN3O/c17-13-9-12(10-14(19)11-13)16(21)20(8-4-7-18)15-5-2-1-3-6-15/h1-3,5-6,9-11H,4,8,19H2. The van der Waals surface area contributed by atoms with E-state index in [9.17, 15) is 4.79 Å². The summed E-state index contributed by atoms with van der Waals surface area (Å²) in [6, 6.07) is 16.4. The maximum atomic E-state index is 12.7. The van der Waals surface area contributed by atoms with Crippen molar-refractivity contribution in [3.8, 4) is 6.07 Å². The number of para-hydroxylation sites is 1. The molecule has 0 aliphatic heterocycles. The first kappa shape index (κ1) is 15.1. The maximum absolute atomic E-state index is 12.7. The van der Waals surface area contributed by atoms with E-state index in [0.29, 0.717) is 17.8 Å². The highest BCUT2D eigenvalue weighted by Gasteiger charge is 2.18. The van der Waals surface area contributed by atoms with Crippen LogP contribution in [0.3, 0.4) is 0 Å². The van der Waals surface area contributed by atoms with Crippen LogP contribution in [0.15, 0.2) is 53.0 Å². The molecule has 2 aromatic rings. The third-order valence-electron chi connectivity index (χ3n) is 2.93. The number of carbonyl (C=O) groups excluding carboxylic acids is 1. The van der Waals surface area contributed by atoms with Gasteiger partial charge in [0.1, 0.15) is 0 Å². The van der Waals surface area contributed by atoms with Crippen molar-refractivity contribution in [3.05, 3.63) is 58.6 Å². The van der Waals surface area contributed by atoms with Gasteiger partial charge in [-0.15, -0.1) is 0 Å². The second kappa shape index (κ2) is 6.91. The van der Waals surface area contributed by atoms with Crippen LogP contribution in [-0.4, -0.2) is 12.5 Å². The maximum Gasteiger partial charge on any atom is 0.258 e. The average Bonchev–Trinajstić information content (AvgIpc) is 2.47. The van der Waals surface area contributed by atoms with E-state index < -0.39 is 0 Å². The van der Waals surface area contributed by atoms with Crippen LogP contribution in [0.2, 0.25) is 0 Å². The normalized spacial score (nSPS) is 9.90. The molecule has 21 heavy (non-hydrogen) atoms. The number of nitrogen functional groups attached to an aromatic ring is 1. The highest BCUT2D eigenvalue weighted by Crippen LogP contribution is 2.22. The molecule has 0 saturated heterocycles. The number of rotatable bonds is 4. The fraction of sp³-hybridized carbons (Fsp3) is 0.125. The Kier molecular flexibility index (Phi) is 4.96. The Balaban J connectivity index is 2.36. The number of halogens is 1. The number of amides is 1. The van der Waals surface area contributed by atoms with Crippen molar-refractivity contribution < 1.29 is 4.79 Å². The Labute approximate surface area is 131 Å². The van der Waals surface area contributed by atoms with Gasteiger partial charge in [0, 0.05) is 28.0 Å². The topological polar surface area (TPSA) is 70.1 Å². The summed E-state index contributed by atoms with van der Waals surface area (Å²) in [5.74, 6) is -0.176. The summed E-state index contributed by atoms with van der Waals surface area (Å²) in [4.78, 5) is 14.3. The first-order chi connectivity index (χ1) is 10.1. The summed E-state index contributed by atoms with van der Waals surface area (Å²) < 4.78 is 0.749. The molecule has 0 fully saturated rings. The molecule has 2 N–H and O–H groups in total. The van der Waals surface area contributed by atoms with Gasteiger partial charge in [-0.25, -0.2) is 0 Å². The van der Waals surface area contributed by atoms with Gasteiger partial charge >= 0.3 is 0 Å². The van der Waals surface area contributed by atoms with Crippen LogP contribution in [-0.2, 0) is 0 Å². The fourth-order valence-corrected chi connectivity index (χ4v) is 2.52. The average molecular weight is 344 g/mol. The van der Waals surface area contributed by atoms with Crippen LogP contribution < -0.4 is 10.6 Å². The summed E-state index contributed by atoms with van der Waals surface area (Å²) in [5, 5.41) is 8.79. The predicted molar refractivity (Wildman–Crippen MR) is 86.9 cm³/mol. The number of nitriles is 1. The molecule has 4 nitrogen and oxygen atoms in total. The van der Waals surface area contributed by atoms with Crippen LogP contribution in [0, 0.1) is 11.3 Å². The van der Waals surface area contributed by atoms with Crippen molar-refractivity contribution in [1.82, 2.24) is 0 Å². The van der Waals surface area contributed by atoms with Crippen molar-refractivity contribution in [2.75, 3.05) is 17.2 Å². The summed E-state index contributed by atoms with van der Waals surface area (Å²) in [6.45, 7) is 0.339. The summed E-state index contributed by atoms with van der Waals surface area (Å²) in [7, 11) is 0. The van der Waals surface area contributed by atoms with E-state index in [1.54, 1.807) is 23.1 Å². The van der Waals surface area contributed by atoms with E-state index in [-0.39, 0.29) is 12.3 Å². The van der Waals surface area contributed by atoms with Crippen LogP contribution >= 0.6 is 15.9 Å². The van der Waals surface area contributed by atoms with Crippen molar-refractivity contribution in [2.45, 2.75) is 6.42 Å². The van der Waals surface area contributed by atoms with Gasteiger partial charge in [0.15, 0.2) is 0 Å². The van der Waals surface area contributed by atoms with Gasteiger partial charge in [0.2, 0.25) is 0 Å². The van der Waals surface area contributed by atoms with Crippen molar-refractivity contribution in [3.63, 3.8) is 0 Å². The number of nitrogens with two attached hydrogens (primary N) is 1. The number of carbonyl (C=O) groups is 1. The van der Waals surface area contributed by atoms with E-state index >= 15 is 0 Å². The Hall–Kier alpha value is -2.32. The predicted octanol–water partition coefficient (Wildman–Crippen LogP) is 3.59. The Morgan fingerprint density at radius 2 is 1.95 bits per heavy atom. The summed E-state index contributed by atoms with van der Waals surface area (Å²) in [5.41, 5.74) is 7.55. The molecule has 0 saturated carbocycles. The number of benzene rings is 2. The highest BCUT2D eigenvalue weighted by molar-refractivity contribution is 9.10. The van der Waals surface area contributed by atoms with Gasteiger partial charge < -0.3 is 10.6 Å². The third kappa shape index (κ3) is 3.83. The van der Waals surface area contributed by atoms with Crippen LogP contribution in [0.4, 0.5) is 11.4 Å². The Bertz CT molecular complexity index is 659. The lowest BCUT2D eigenvalue weighted by atomic mass is 10.1. The lowest BCUT2D eigenvalue weighted by Crippen LogP contribution is -2.31. The number of hydrogen-bond acceptors (Lipinski definition) is 3. The molecular formula is C16H14BrN3O. The van der Waals surface area contributed by atoms with E-state index in [4.69, 9.17) is 11.0 Å². The quantitative estimate of drug-likeness (QED) is 0.862. The van der Waals surface area contributed by atoms with Crippen LogP contribution in [0.5, 0.6) is 0 Å². The van der Waals surface area contributed by atoms with E-state index in [1.165, 1.54) is 0 Å². The second-order valence-corrected chi connectivity index (χ2v) is 5.39. The minimum absolute atomic E-state index is 0.176.